The third kappa shape index (κ3) is 3.72. The highest BCUT2D eigenvalue weighted by atomic mass is 15.3. The van der Waals surface area contributed by atoms with Gasteiger partial charge in [0.15, 0.2) is 0 Å². The van der Waals surface area contributed by atoms with Crippen molar-refractivity contribution < 1.29 is 0 Å². The quantitative estimate of drug-likeness (QED) is 0.804. The lowest BCUT2D eigenvalue weighted by Crippen LogP contribution is -2.23. The van der Waals surface area contributed by atoms with Crippen molar-refractivity contribution >= 4 is 17.8 Å². The average Bonchev–Trinajstić information content (AvgIpc) is 2.35. The van der Waals surface area contributed by atoms with Gasteiger partial charge in [0, 0.05) is 34.7 Å². The van der Waals surface area contributed by atoms with Crippen LogP contribution >= 0.6 is 0 Å². The minimum Gasteiger partial charge on any atom is -0.357 e. The zero-order valence-electron chi connectivity index (χ0n) is 11.4. The summed E-state index contributed by atoms with van der Waals surface area (Å²) in [6.45, 7) is 3.13. The first-order valence-electron chi connectivity index (χ1n) is 5.90. The zero-order valence-corrected chi connectivity index (χ0v) is 11.4. The van der Waals surface area contributed by atoms with E-state index in [9.17, 15) is 0 Å². The molecule has 0 aliphatic heterocycles. The number of nitrogens with zero attached hydrogens (tertiary/aromatic N) is 5. The van der Waals surface area contributed by atoms with E-state index < -0.39 is 0 Å². The predicted octanol–water partition coefficient (Wildman–Crippen LogP) is 1.22. The molecule has 1 N–H and O–H groups in total. The zero-order chi connectivity index (χ0) is 12.8. The van der Waals surface area contributed by atoms with Gasteiger partial charge in [0.1, 0.15) is 0 Å². The summed E-state index contributed by atoms with van der Waals surface area (Å²) in [4.78, 5) is 17.0. The monoisotopic (exact) mass is 238 g/mol. The first-order chi connectivity index (χ1) is 8.08. The molecule has 0 saturated heterocycles. The molecule has 1 heterocycles. The minimum absolute atomic E-state index is 0.599. The Balaban J connectivity index is 2.93. The van der Waals surface area contributed by atoms with Crippen LogP contribution in [0.3, 0.4) is 0 Å². The van der Waals surface area contributed by atoms with E-state index in [0.29, 0.717) is 17.8 Å². The Bertz CT molecular complexity index is 352. The second-order valence-corrected chi connectivity index (χ2v) is 4.18. The van der Waals surface area contributed by atoms with E-state index >= 15 is 0 Å². The molecule has 6 nitrogen and oxygen atoms in total. The van der Waals surface area contributed by atoms with Crippen LogP contribution in [0.4, 0.5) is 17.8 Å². The number of nitrogens with one attached hydrogen (secondary N) is 1. The van der Waals surface area contributed by atoms with Gasteiger partial charge in [0.05, 0.1) is 0 Å². The highest BCUT2D eigenvalue weighted by Gasteiger charge is 2.10. The normalized spacial score (nSPS) is 10.2. The highest BCUT2D eigenvalue weighted by Crippen LogP contribution is 2.14. The number of anilines is 3. The summed E-state index contributed by atoms with van der Waals surface area (Å²) in [6, 6.07) is 0. The predicted molar refractivity (Wildman–Crippen MR) is 71.9 cm³/mol. The van der Waals surface area contributed by atoms with Crippen molar-refractivity contribution in [3.8, 4) is 0 Å². The topological polar surface area (TPSA) is 57.2 Å². The molecule has 6 heteroatoms. The van der Waals surface area contributed by atoms with Gasteiger partial charge >= 0.3 is 0 Å². The fourth-order valence-electron chi connectivity index (χ4n) is 1.33. The number of hydrogen-bond donors (Lipinski definition) is 1. The number of aromatic nitrogens is 3. The Morgan fingerprint density at radius 3 is 2.24 bits per heavy atom. The summed E-state index contributed by atoms with van der Waals surface area (Å²) >= 11 is 0. The molecule has 0 spiro atoms. The van der Waals surface area contributed by atoms with E-state index in [1.54, 1.807) is 0 Å². The van der Waals surface area contributed by atoms with E-state index in [1.807, 2.05) is 33.1 Å². The van der Waals surface area contributed by atoms with Crippen LogP contribution in [-0.4, -0.2) is 49.7 Å². The van der Waals surface area contributed by atoms with E-state index in [2.05, 4.69) is 32.1 Å². The van der Waals surface area contributed by atoms with Crippen LogP contribution in [0.5, 0.6) is 0 Å². The Morgan fingerprint density at radius 1 is 1.06 bits per heavy atom. The van der Waals surface area contributed by atoms with Crippen molar-refractivity contribution in [1.29, 1.82) is 0 Å². The molecule has 0 bridgehead atoms. The summed E-state index contributed by atoms with van der Waals surface area (Å²) in [6.07, 6.45) is 2.29. The van der Waals surface area contributed by atoms with Gasteiger partial charge in [-0.25, -0.2) is 0 Å². The van der Waals surface area contributed by atoms with Crippen molar-refractivity contribution in [3.63, 3.8) is 0 Å². The van der Waals surface area contributed by atoms with Crippen molar-refractivity contribution in [3.05, 3.63) is 0 Å². The van der Waals surface area contributed by atoms with Crippen LogP contribution in [0.15, 0.2) is 0 Å². The highest BCUT2D eigenvalue weighted by molar-refractivity contribution is 5.43. The first kappa shape index (κ1) is 13.5. The van der Waals surface area contributed by atoms with Gasteiger partial charge in [-0.2, -0.15) is 15.0 Å². The molecule has 0 aliphatic carbocycles. The van der Waals surface area contributed by atoms with Crippen LogP contribution in [0, 0.1) is 0 Å². The molecule has 0 aromatic carbocycles. The van der Waals surface area contributed by atoms with Gasteiger partial charge in [-0.3, -0.25) is 0 Å². The molecule has 0 fully saturated rings. The maximum atomic E-state index is 4.42. The second kappa shape index (κ2) is 6.22. The molecule has 0 atom stereocenters. The molecule has 1 aromatic rings. The summed E-state index contributed by atoms with van der Waals surface area (Å²) < 4.78 is 0. The second-order valence-electron chi connectivity index (χ2n) is 4.18. The van der Waals surface area contributed by atoms with Crippen molar-refractivity contribution in [2.45, 2.75) is 19.8 Å². The molecule has 1 rings (SSSR count). The van der Waals surface area contributed by atoms with Crippen LogP contribution < -0.4 is 15.1 Å². The van der Waals surface area contributed by atoms with Gasteiger partial charge < -0.3 is 15.1 Å². The maximum Gasteiger partial charge on any atom is 0.231 e. The summed E-state index contributed by atoms with van der Waals surface area (Å²) in [5.74, 6) is 1.98. The van der Waals surface area contributed by atoms with Crippen molar-refractivity contribution in [1.82, 2.24) is 15.0 Å². The summed E-state index contributed by atoms with van der Waals surface area (Å²) in [5.41, 5.74) is 0. The van der Waals surface area contributed by atoms with Gasteiger partial charge in [-0.1, -0.05) is 13.3 Å². The largest absolute Gasteiger partial charge is 0.357 e. The van der Waals surface area contributed by atoms with Gasteiger partial charge in [0.2, 0.25) is 17.8 Å². The van der Waals surface area contributed by atoms with Gasteiger partial charge in [0.25, 0.3) is 0 Å². The summed E-state index contributed by atoms with van der Waals surface area (Å²) in [5, 5.41) is 2.96. The molecule has 96 valence electrons. The minimum atomic E-state index is 0.599. The first-order valence-corrected chi connectivity index (χ1v) is 5.90. The number of rotatable bonds is 6. The number of hydrogen-bond acceptors (Lipinski definition) is 6. The molecule has 0 aliphatic rings. The van der Waals surface area contributed by atoms with Gasteiger partial charge in [-0.15, -0.1) is 0 Å². The van der Waals surface area contributed by atoms with Crippen LogP contribution in [-0.2, 0) is 0 Å². The molecule has 0 unspecified atom stereocenters. The molecular formula is C11H22N6. The lowest BCUT2D eigenvalue weighted by atomic mass is 10.3. The fourth-order valence-corrected chi connectivity index (χ4v) is 1.33. The van der Waals surface area contributed by atoms with E-state index in [0.717, 1.165) is 19.4 Å². The van der Waals surface area contributed by atoms with Crippen LogP contribution in [0.1, 0.15) is 19.8 Å². The Labute approximate surface area is 103 Å². The van der Waals surface area contributed by atoms with Crippen LogP contribution in [0.25, 0.3) is 0 Å². The van der Waals surface area contributed by atoms with Crippen molar-refractivity contribution in [2.24, 2.45) is 0 Å². The van der Waals surface area contributed by atoms with Crippen LogP contribution in [0.2, 0.25) is 0 Å². The van der Waals surface area contributed by atoms with E-state index in [1.165, 1.54) is 0 Å². The summed E-state index contributed by atoms with van der Waals surface area (Å²) in [7, 11) is 7.66. The molecule has 0 radical (unpaired) electrons. The molecule has 17 heavy (non-hydrogen) atoms. The molecule has 0 amide bonds. The van der Waals surface area contributed by atoms with E-state index in [-0.39, 0.29) is 0 Å². The Morgan fingerprint density at radius 2 is 1.71 bits per heavy atom. The Hall–Kier alpha value is -1.59. The molecule has 0 saturated carbocycles. The SMILES string of the molecule is CCCCN(C)c1nc(NC)nc(N(C)C)n1. The number of unbranched alkanes of at least 4 members (excludes halogenated alkanes) is 1. The molecular weight excluding hydrogens is 216 g/mol. The average molecular weight is 238 g/mol. The smallest absolute Gasteiger partial charge is 0.231 e. The maximum absolute atomic E-state index is 4.42. The molecule has 1 aromatic heterocycles. The third-order valence-corrected chi connectivity index (χ3v) is 2.42. The lowest BCUT2D eigenvalue weighted by Gasteiger charge is -2.19. The van der Waals surface area contributed by atoms with Crippen molar-refractivity contribution in [2.75, 3.05) is 49.9 Å². The van der Waals surface area contributed by atoms with E-state index in [4.69, 9.17) is 0 Å². The Kier molecular flexibility index (Phi) is 4.93. The lowest BCUT2D eigenvalue weighted by molar-refractivity contribution is 0.746. The standard InChI is InChI=1S/C11H22N6/c1-6-7-8-17(5)11-14-9(12-2)13-10(15-11)16(3)4/h6-8H2,1-5H3,(H,12,13,14,15). The third-order valence-electron chi connectivity index (χ3n) is 2.42. The van der Waals surface area contributed by atoms with Gasteiger partial charge in [-0.05, 0) is 6.42 Å². The fraction of sp³-hybridized carbons (Fsp3) is 0.727.